The van der Waals surface area contributed by atoms with Gasteiger partial charge in [-0.2, -0.15) is 0 Å². The molecule has 1 amide bonds. The zero-order valence-electron chi connectivity index (χ0n) is 15.1. The number of hydrogen-bond donors (Lipinski definition) is 1. The van der Waals surface area contributed by atoms with Gasteiger partial charge in [0.05, 0.1) is 23.7 Å². The molecule has 0 saturated heterocycles. The van der Waals surface area contributed by atoms with Crippen molar-refractivity contribution >= 4 is 16.9 Å². The molecule has 0 fully saturated rings. The summed E-state index contributed by atoms with van der Waals surface area (Å²) in [5.41, 5.74) is 4.40. The third kappa shape index (κ3) is 3.74. The van der Waals surface area contributed by atoms with Crippen LogP contribution >= 0.6 is 0 Å². The molecule has 0 radical (unpaired) electrons. The lowest BCUT2D eigenvalue weighted by Crippen LogP contribution is -2.30. The molecular formula is C21H21N5O. The van der Waals surface area contributed by atoms with Crippen LogP contribution in [0.4, 0.5) is 0 Å². The minimum atomic E-state index is -0.277. The number of nitrogens with zero attached hydrogens (tertiary/aromatic N) is 4. The molecule has 1 atom stereocenters. The lowest BCUT2D eigenvalue weighted by atomic mass is 10.1. The van der Waals surface area contributed by atoms with Crippen molar-refractivity contribution in [3.8, 4) is 0 Å². The average Bonchev–Trinajstić information content (AvgIpc) is 3.37. The summed E-state index contributed by atoms with van der Waals surface area (Å²) < 4.78 is 3.92. The quantitative estimate of drug-likeness (QED) is 0.575. The predicted molar refractivity (Wildman–Crippen MR) is 104 cm³/mol. The zero-order valence-corrected chi connectivity index (χ0v) is 15.1. The second-order valence-corrected chi connectivity index (χ2v) is 6.58. The van der Waals surface area contributed by atoms with Crippen LogP contribution in [0.5, 0.6) is 0 Å². The summed E-state index contributed by atoms with van der Waals surface area (Å²) in [6, 6.07) is 16.1. The van der Waals surface area contributed by atoms with Gasteiger partial charge in [-0.3, -0.25) is 4.79 Å². The first-order chi connectivity index (χ1) is 13.2. The van der Waals surface area contributed by atoms with Crippen LogP contribution in [0.1, 0.15) is 24.1 Å². The van der Waals surface area contributed by atoms with Crippen LogP contribution in [0.25, 0.3) is 11.0 Å². The number of benzene rings is 2. The number of aromatic nitrogens is 4. The van der Waals surface area contributed by atoms with Gasteiger partial charge in [-0.05, 0) is 30.2 Å². The van der Waals surface area contributed by atoms with Crippen molar-refractivity contribution in [3.63, 3.8) is 0 Å². The first kappa shape index (κ1) is 17.0. The van der Waals surface area contributed by atoms with E-state index in [-0.39, 0.29) is 11.9 Å². The van der Waals surface area contributed by atoms with Crippen LogP contribution in [0.3, 0.4) is 0 Å². The normalized spacial score (nSPS) is 12.2. The fourth-order valence-electron chi connectivity index (χ4n) is 3.07. The van der Waals surface area contributed by atoms with Crippen molar-refractivity contribution in [1.82, 2.24) is 24.4 Å². The first-order valence-corrected chi connectivity index (χ1v) is 8.93. The van der Waals surface area contributed by atoms with Crippen LogP contribution in [-0.2, 0) is 17.9 Å². The van der Waals surface area contributed by atoms with E-state index < -0.39 is 0 Å². The lowest BCUT2D eigenvalue weighted by Gasteiger charge is -2.13. The largest absolute Gasteiger partial charge is 0.350 e. The van der Waals surface area contributed by atoms with Crippen molar-refractivity contribution < 1.29 is 4.79 Å². The molecular weight excluding hydrogens is 338 g/mol. The topological polar surface area (TPSA) is 64.7 Å². The maximum Gasteiger partial charge on any atom is 0.243 e. The monoisotopic (exact) mass is 359 g/mol. The number of carbonyl (C=O) groups excluding carboxylic acids is 1. The van der Waals surface area contributed by atoms with Crippen molar-refractivity contribution in [1.29, 1.82) is 0 Å². The third-order valence-electron chi connectivity index (χ3n) is 4.72. The molecule has 0 aliphatic heterocycles. The predicted octanol–water partition coefficient (Wildman–Crippen LogP) is 3.16. The van der Waals surface area contributed by atoms with E-state index in [1.807, 2.05) is 31.5 Å². The van der Waals surface area contributed by atoms with Crippen LogP contribution in [0, 0.1) is 0 Å². The van der Waals surface area contributed by atoms with Crippen LogP contribution in [0.2, 0.25) is 0 Å². The summed E-state index contributed by atoms with van der Waals surface area (Å²) in [6.07, 6.45) is 6.99. The van der Waals surface area contributed by atoms with Gasteiger partial charge >= 0.3 is 0 Å². The van der Waals surface area contributed by atoms with Gasteiger partial charge in [-0.15, -0.1) is 0 Å². The number of hydrogen-bond acceptors (Lipinski definition) is 3. The van der Waals surface area contributed by atoms with Gasteiger partial charge in [0, 0.05) is 25.5 Å². The van der Waals surface area contributed by atoms with E-state index in [9.17, 15) is 4.79 Å². The van der Waals surface area contributed by atoms with Gasteiger partial charge < -0.3 is 14.5 Å². The van der Waals surface area contributed by atoms with Gasteiger partial charge in [0.2, 0.25) is 5.91 Å². The highest BCUT2D eigenvalue weighted by molar-refractivity contribution is 5.79. The second kappa shape index (κ2) is 7.45. The maximum atomic E-state index is 12.2. The molecule has 1 unspecified atom stereocenters. The van der Waals surface area contributed by atoms with E-state index in [4.69, 9.17) is 0 Å². The summed E-state index contributed by atoms with van der Waals surface area (Å²) in [5, 5.41) is 2.97. The summed E-state index contributed by atoms with van der Waals surface area (Å²) in [5.74, 6) is -0.0260. The summed E-state index contributed by atoms with van der Waals surface area (Å²) in [6.45, 7) is 3.13. The van der Waals surface area contributed by atoms with Gasteiger partial charge in [0.1, 0.15) is 6.04 Å². The molecule has 4 rings (SSSR count). The summed E-state index contributed by atoms with van der Waals surface area (Å²) >= 11 is 0. The Bertz CT molecular complexity index is 1030. The molecule has 0 bridgehead atoms. The molecule has 4 aromatic rings. The van der Waals surface area contributed by atoms with E-state index in [1.54, 1.807) is 23.3 Å². The number of imidazole rings is 2. The standard InChI is InChI=1S/C21H21N5O/c1-16(25-11-10-22-14-25)21(27)23-12-17-6-8-18(9-7-17)13-26-15-24-19-4-2-3-5-20(19)26/h2-11,14-16H,12-13H2,1H3,(H,23,27). The Balaban J connectivity index is 1.37. The molecule has 27 heavy (non-hydrogen) atoms. The molecule has 136 valence electrons. The summed E-state index contributed by atoms with van der Waals surface area (Å²) in [4.78, 5) is 20.7. The van der Waals surface area contributed by atoms with Gasteiger partial charge in [-0.25, -0.2) is 9.97 Å². The highest BCUT2D eigenvalue weighted by atomic mass is 16.2. The number of para-hydroxylation sites is 2. The molecule has 1 N–H and O–H groups in total. The molecule has 2 heterocycles. The Hall–Kier alpha value is -3.41. The Morgan fingerprint density at radius 3 is 2.63 bits per heavy atom. The van der Waals surface area contributed by atoms with Crippen LogP contribution in [-0.4, -0.2) is 25.0 Å². The third-order valence-corrected chi connectivity index (χ3v) is 4.72. The fraction of sp³-hybridized carbons (Fsp3) is 0.190. The minimum absolute atomic E-state index is 0.0260. The smallest absolute Gasteiger partial charge is 0.243 e. The molecule has 0 aliphatic rings. The molecule has 6 heteroatoms. The second-order valence-electron chi connectivity index (χ2n) is 6.58. The van der Waals surface area contributed by atoms with Gasteiger partial charge in [-0.1, -0.05) is 36.4 Å². The van der Waals surface area contributed by atoms with Crippen molar-refractivity contribution in [2.24, 2.45) is 0 Å². The number of rotatable bonds is 6. The Morgan fingerprint density at radius 1 is 1.07 bits per heavy atom. The minimum Gasteiger partial charge on any atom is -0.350 e. The van der Waals surface area contributed by atoms with E-state index >= 15 is 0 Å². The van der Waals surface area contributed by atoms with Crippen molar-refractivity contribution in [2.45, 2.75) is 26.1 Å². The van der Waals surface area contributed by atoms with Gasteiger partial charge in [0.15, 0.2) is 0 Å². The molecule has 0 aliphatic carbocycles. The maximum absolute atomic E-state index is 12.2. The first-order valence-electron chi connectivity index (χ1n) is 8.93. The SMILES string of the molecule is CC(C(=O)NCc1ccc(Cn2cnc3ccccc32)cc1)n1ccnc1. The molecule has 6 nitrogen and oxygen atoms in total. The molecule has 0 saturated carbocycles. The Kier molecular flexibility index (Phi) is 4.70. The summed E-state index contributed by atoms with van der Waals surface area (Å²) in [7, 11) is 0. The zero-order chi connectivity index (χ0) is 18.6. The molecule has 2 aromatic carbocycles. The van der Waals surface area contributed by atoms with Gasteiger partial charge in [0.25, 0.3) is 0 Å². The highest BCUT2D eigenvalue weighted by Gasteiger charge is 2.13. The van der Waals surface area contributed by atoms with Crippen LogP contribution < -0.4 is 5.32 Å². The fourth-order valence-corrected chi connectivity index (χ4v) is 3.07. The number of carbonyl (C=O) groups is 1. The van der Waals surface area contributed by atoms with E-state index in [1.165, 1.54) is 5.56 Å². The Labute approximate surface area is 157 Å². The average molecular weight is 359 g/mol. The molecule has 2 aromatic heterocycles. The lowest BCUT2D eigenvalue weighted by molar-refractivity contribution is -0.124. The Morgan fingerprint density at radius 2 is 1.85 bits per heavy atom. The van der Waals surface area contributed by atoms with E-state index in [0.717, 1.165) is 23.1 Å². The number of nitrogens with one attached hydrogen (secondary N) is 1. The highest BCUT2D eigenvalue weighted by Crippen LogP contribution is 2.14. The number of fused-ring (bicyclic) bond motifs is 1. The van der Waals surface area contributed by atoms with Crippen molar-refractivity contribution in [3.05, 3.63) is 84.7 Å². The molecule has 0 spiro atoms. The number of amides is 1. The van der Waals surface area contributed by atoms with E-state index in [0.29, 0.717) is 6.54 Å². The van der Waals surface area contributed by atoms with Crippen molar-refractivity contribution in [2.75, 3.05) is 0 Å². The van der Waals surface area contributed by atoms with Crippen LogP contribution in [0.15, 0.2) is 73.6 Å². The van der Waals surface area contributed by atoms with E-state index in [2.05, 4.69) is 50.2 Å².